The van der Waals surface area contributed by atoms with Crippen molar-refractivity contribution in [2.75, 3.05) is 7.05 Å². The molecule has 3 aromatic carbocycles. The number of carbonyl (C=O) groups is 1. The van der Waals surface area contributed by atoms with Gasteiger partial charge in [-0.3, -0.25) is 0 Å². The van der Waals surface area contributed by atoms with Gasteiger partial charge in [-0.05, 0) is 34.4 Å². The Kier molecular flexibility index (Phi) is 5.17. The fraction of sp³-hybridized carbons (Fsp3) is 0.0556. The van der Waals surface area contributed by atoms with Crippen molar-refractivity contribution in [2.45, 2.75) is 4.90 Å². The highest BCUT2D eigenvalue weighted by molar-refractivity contribution is 8.68. The van der Waals surface area contributed by atoms with Crippen molar-refractivity contribution < 1.29 is 13.7 Å². The molecule has 0 aromatic heterocycles. The minimum Gasteiger partial charge on any atom is -0.409 e. The van der Waals surface area contributed by atoms with E-state index in [1.807, 2.05) is 66.7 Å². The maximum atomic E-state index is 12.3. The van der Waals surface area contributed by atoms with Crippen LogP contribution in [-0.4, -0.2) is 21.7 Å². The molecule has 0 fully saturated rings. The molecule has 3 rings (SSSR count). The second-order valence-corrected chi connectivity index (χ2v) is 7.93. The molecule has 0 heterocycles. The molecule has 0 aliphatic heterocycles. The second-order valence-electron chi connectivity index (χ2n) is 4.96. The van der Waals surface area contributed by atoms with E-state index in [1.54, 1.807) is 6.07 Å². The van der Waals surface area contributed by atoms with Crippen LogP contribution in [0, 0.1) is 0 Å². The molecule has 0 N–H and O–H groups in total. The lowest BCUT2D eigenvalue weighted by Crippen LogP contribution is -2.30. The van der Waals surface area contributed by atoms with E-state index in [4.69, 9.17) is 4.74 Å². The first-order valence-corrected chi connectivity index (χ1v) is 9.68. The lowest BCUT2D eigenvalue weighted by molar-refractivity contribution is 0.187. The Labute approximate surface area is 146 Å². The summed E-state index contributed by atoms with van der Waals surface area (Å²) in [4.78, 5) is 13.1. The smallest absolute Gasteiger partial charge is 0.409 e. The maximum absolute atomic E-state index is 12.3. The highest BCUT2D eigenvalue weighted by Crippen LogP contribution is 2.27. The molecule has 3 aromatic rings. The number of amides is 1. The minimum absolute atomic E-state index is 0.451. The van der Waals surface area contributed by atoms with Gasteiger partial charge < -0.3 is 4.74 Å². The van der Waals surface area contributed by atoms with Crippen LogP contribution >= 0.6 is 10.8 Å². The molecule has 0 spiro atoms. The van der Waals surface area contributed by atoms with Crippen LogP contribution in [0.5, 0.6) is 5.75 Å². The van der Waals surface area contributed by atoms with E-state index >= 15 is 0 Å². The Bertz CT molecular complexity index is 878. The first-order chi connectivity index (χ1) is 11.6. The molecular formula is C18H15NO3S2. The van der Waals surface area contributed by atoms with Gasteiger partial charge in [-0.15, -0.1) is 0 Å². The van der Waals surface area contributed by atoms with E-state index in [0.29, 0.717) is 5.75 Å². The van der Waals surface area contributed by atoms with Crippen LogP contribution in [0.3, 0.4) is 0 Å². The first kappa shape index (κ1) is 16.5. The van der Waals surface area contributed by atoms with E-state index < -0.39 is 16.1 Å². The molecule has 0 aliphatic rings. The fourth-order valence-electron chi connectivity index (χ4n) is 2.12. The largest absolute Gasteiger partial charge is 0.427 e. The quantitative estimate of drug-likeness (QED) is 0.638. The Hall–Kier alpha value is -2.31. The third-order valence-electron chi connectivity index (χ3n) is 3.34. The molecule has 1 amide bonds. The maximum Gasteiger partial charge on any atom is 0.427 e. The zero-order chi connectivity index (χ0) is 16.9. The molecule has 4 nitrogen and oxygen atoms in total. The molecule has 1 atom stereocenters. The van der Waals surface area contributed by atoms with Gasteiger partial charge in [-0.25, -0.2) is 13.3 Å². The Morgan fingerprint density at radius 2 is 1.62 bits per heavy atom. The highest BCUT2D eigenvalue weighted by atomic mass is 33.1. The predicted molar refractivity (Wildman–Crippen MR) is 98.2 cm³/mol. The number of benzene rings is 3. The van der Waals surface area contributed by atoms with E-state index in [0.717, 1.165) is 30.8 Å². The highest BCUT2D eigenvalue weighted by Gasteiger charge is 2.19. The topological polar surface area (TPSA) is 46.6 Å². The summed E-state index contributed by atoms with van der Waals surface area (Å²) in [7, 11) is 0.972. The molecule has 24 heavy (non-hydrogen) atoms. The van der Waals surface area contributed by atoms with Crippen molar-refractivity contribution in [2.24, 2.45) is 0 Å². The Balaban J connectivity index is 1.73. The molecule has 0 radical (unpaired) electrons. The Morgan fingerprint density at radius 3 is 2.42 bits per heavy atom. The Morgan fingerprint density at radius 1 is 0.958 bits per heavy atom. The van der Waals surface area contributed by atoms with E-state index in [2.05, 4.69) is 0 Å². The van der Waals surface area contributed by atoms with Gasteiger partial charge in [0.25, 0.3) is 0 Å². The second kappa shape index (κ2) is 7.51. The normalized spacial score (nSPS) is 11.9. The molecule has 0 aliphatic carbocycles. The van der Waals surface area contributed by atoms with E-state index in [9.17, 15) is 9.00 Å². The van der Waals surface area contributed by atoms with Crippen molar-refractivity contribution >= 4 is 37.7 Å². The van der Waals surface area contributed by atoms with Gasteiger partial charge >= 0.3 is 6.09 Å². The summed E-state index contributed by atoms with van der Waals surface area (Å²) in [6, 6.07) is 22.4. The fourth-order valence-corrected chi connectivity index (χ4v) is 4.17. The summed E-state index contributed by atoms with van der Waals surface area (Å²) in [5.41, 5.74) is 0. The summed E-state index contributed by atoms with van der Waals surface area (Å²) in [5.74, 6) is 0.451. The lowest BCUT2D eigenvalue weighted by Gasteiger charge is -2.15. The van der Waals surface area contributed by atoms with Crippen molar-refractivity contribution in [1.29, 1.82) is 0 Å². The van der Waals surface area contributed by atoms with Gasteiger partial charge in [0.2, 0.25) is 0 Å². The van der Waals surface area contributed by atoms with Crippen LogP contribution in [0.15, 0.2) is 77.7 Å². The van der Waals surface area contributed by atoms with Crippen LogP contribution < -0.4 is 4.74 Å². The van der Waals surface area contributed by atoms with Crippen LogP contribution in [0.25, 0.3) is 10.8 Å². The van der Waals surface area contributed by atoms with Crippen molar-refractivity contribution in [3.05, 3.63) is 72.8 Å². The molecule has 0 bridgehead atoms. The van der Waals surface area contributed by atoms with Crippen molar-refractivity contribution in [3.8, 4) is 5.75 Å². The van der Waals surface area contributed by atoms with Gasteiger partial charge in [0.15, 0.2) is 10.0 Å². The first-order valence-electron chi connectivity index (χ1n) is 7.24. The molecule has 0 saturated carbocycles. The summed E-state index contributed by atoms with van der Waals surface area (Å²) >= 11 is 0. The van der Waals surface area contributed by atoms with Crippen molar-refractivity contribution in [1.82, 2.24) is 4.31 Å². The number of ether oxygens (including phenoxy) is 1. The third kappa shape index (κ3) is 3.77. The summed E-state index contributed by atoms with van der Waals surface area (Å²) in [5, 5.41) is 1.81. The molecule has 0 saturated heterocycles. The van der Waals surface area contributed by atoms with E-state index in [1.165, 1.54) is 7.05 Å². The summed E-state index contributed by atoms with van der Waals surface area (Å²) in [6.07, 6.45) is -0.659. The zero-order valence-corrected chi connectivity index (χ0v) is 14.5. The van der Waals surface area contributed by atoms with Crippen LogP contribution in [0.2, 0.25) is 0 Å². The molecular weight excluding hydrogens is 342 g/mol. The minimum atomic E-state index is -1.58. The number of hydrogen-bond acceptors (Lipinski definition) is 4. The van der Waals surface area contributed by atoms with Gasteiger partial charge in [0.1, 0.15) is 5.75 Å². The number of rotatable bonds is 4. The SMILES string of the molecule is CN(C(=O)Oc1cccc2ccccc12)S(=O)Sc1ccccc1. The number of hydrogen-bond donors (Lipinski definition) is 0. The van der Waals surface area contributed by atoms with Gasteiger partial charge in [0.05, 0.1) is 0 Å². The summed E-state index contributed by atoms with van der Waals surface area (Å²) < 4.78 is 18.8. The van der Waals surface area contributed by atoms with Crippen LogP contribution in [0.4, 0.5) is 4.79 Å². The van der Waals surface area contributed by atoms with Gasteiger partial charge in [-0.2, -0.15) is 0 Å². The lowest BCUT2D eigenvalue weighted by atomic mass is 10.1. The van der Waals surface area contributed by atoms with Crippen LogP contribution in [-0.2, 0) is 10.0 Å². The average molecular weight is 357 g/mol. The molecule has 1 unspecified atom stereocenters. The molecule has 6 heteroatoms. The number of fused-ring (bicyclic) bond motifs is 1. The monoisotopic (exact) mass is 357 g/mol. The van der Waals surface area contributed by atoms with E-state index in [-0.39, 0.29) is 0 Å². The average Bonchev–Trinajstić information content (AvgIpc) is 2.62. The van der Waals surface area contributed by atoms with Gasteiger partial charge in [0, 0.05) is 17.3 Å². The molecule has 122 valence electrons. The third-order valence-corrected chi connectivity index (χ3v) is 6.22. The zero-order valence-electron chi connectivity index (χ0n) is 12.9. The predicted octanol–water partition coefficient (Wildman–Crippen LogP) is 4.64. The standard InChI is InChI=1S/C18H15NO3S2/c1-19(24(21)23-15-10-3-2-4-11-15)18(20)22-17-13-7-9-14-8-5-6-12-16(14)17/h2-13H,1H3. The summed E-state index contributed by atoms with van der Waals surface area (Å²) in [6.45, 7) is 0. The van der Waals surface area contributed by atoms with Crippen molar-refractivity contribution in [3.63, 3.8) is 0 Å². The van der Waals surface area contributed by atoms with Crippen LogP contribution in [0.1, 0.15) is 0 Å². The van der Waals surface area contributed by atoms with Gasteiger partial charge in [-0.1, -0.05) is 54.6 Å². The number of nitrogens with zero attached hydrogens (tertiary/aromatic N) is 1. The number of carbonyl (C=O) groups excluding carboxylic acids is 1.